The van der Waals surface area contributed by atoms with Crippen molar-refractivity contribution in [2.75, 3.05) is 0 Å². The maximum atomic E-state index is 12.9. The smallest absolute Gasteiger partial charge is 0.258 e. The molecule has 0 radical (unpaired) electrons. The summed E-state index contributed by atoms with van der Waals surface area (Å²) in [5.74, 6) is -0.132. The zero-order chi connectivity index (χ0) is 16.6. The van der Waals surface area contributed by atoms with Gasteiger partial charge < -0.3 is 15.0 Å². The molecule has 0 bridgehead atoms. The van der Waals surface area contributed by atoms with Gasteiger partial charge in [0.05, 0.1) is 11.5 Å². The molecule has 0 aliphatic carbocycles. The molecule has 1 aliphatic heterocycles. The molecule has 23 heavy (non-hydrogen) atoms. The first-order valence-electron chi connectivity index (χ1n) is 7.30. The molecule has 2 N–H and O–H groups in total. The Labute approximate surface area is 133 Å². The first kappa shape index (κ1) is 14.9. The number of ether oxygens (including phenoxy) is 1. The van der Waals surface area contributed by atoms with Gasteiger partial charge in [-0.3, -0.25) is 9.78 Å². The third-order valence-electron chi connectivity index (χ3n) is 4.02. The zero-order valence-corrected chi connectivity index (χ0v) is 12.9. The highest BCUT2D eigenvalue weighted by Crippen LogP contribution is 2.40. The molecular formula is C17H16N4O2. The van der Waals surface area contributed by atoms with E-state index in [0.29, 0.717) is 17.9 Å². The molecule has 0 spiro atoms. The van der Waals surface area contributed by atoms with Crippen LogP contribution in [-0.2, 0) is 6.54 Å². The molecular weight excluding hydrogens is 292 g/mol. The summed E-state index contributed by atoms with van der Waals surface area (Å²) in [6.45, 7) is 4.28. The van der Waals surface area contributed by atoms with Crippen molar-refractivity contribution in [3.63, 3.8) is 0 Å². The maximum absolute atomic E-state index is 12.9. The van der Waals surface area contributed by atoms with Gasteiger partial charge in [0.1, 0.15) is 17.4 Å². The predicted octanol–water partition coefficient (Wildman–Crippen LogP) is 1.79. The summed E-state index contributed by atoms with van der Waals surface area (Å²) >= 11 is 0. The Bertz CT molecular complexity index is 891. The number of nitrogens with zero attached hydrogens (tertiary/aromatic N) is 3. The molecule has 2 aromatic heterocycles. The molecule has 1 atom stereocenters. The summed E-state index contributed by atoms with van der Waals surface area (Å²) in [6.07, 6.45) is 3.28. The summed E-state index contributed by atoms with van der Waals surface area (Å²) in [5, 5.41) is 9.49. The number of hydrogen-bond acceptors (Lipinski definition) is 5. The molecule has 6 nitrogen and oxygen atoms in total. The fourth-order valence-electron chi connectivity index (χ4n) is 2.96. The van der Waals surface area contributed by atoms with E-state index in [1.165, 1.54) is 0 Å². The summed E-state index contributed by atoms with van der Waals surface area (Å²) in [6, 6.07) is 7.45. The van der Waals surface area contributed by atoms with Gasteiger partial charge in [0, 0.05) is 30.7 Å². The first-order valence-corrected chi connectivity index (χ1v) is 7.30. The largest absolute Gasteiger partial charge is 0.440 e. The van der Waals surface area contributed by atoms with E-state index in [9.17, 15) is 10.1 Å². The summed E-state index contributed by atoms with van der Waals surface area (Å²) in [4.78, 5) is 17.0. The fourth-order valence-corrected chi connectivity index (χ4v) is 2.96. The summed E-state index contributed by atoms with van der Waals surface area (Å²) in [7, 11) is 0. The van der Waals surface area contributed by atoms with Gasteiger partial charge >= 0.3 is 0 Å². The van der Waals surface area contributed by atoms with Crippen LogP contribution in [0.3, 0.4) is 0 Å². The van der Waals surface area contributed by atoms with E-state index in [1.807, 2.05) is 19.9 Å². The molecule has 116 valence electrons. The van der Waals surface area contributed by atoms with Crippen molar-refractivity contribution in [1.29, 1.82) is 5.26 Å². The molecule has 0 amide bonds. The number of rotatable bonds is 2. The lowest BCUT2D eigenvalue weighted by molar-refractivity contribution is 0.388. The first-order chi connectivity index (χ1) is 11.1. The van der Waals surface area contributed by atoms with Crippen molar-refractivity contribution in [3.05, 3.63) is 69.2 Å². The minimum absolute atomic E-state index is 0.0295. The van der Waals surface area contributed by atoms with E-state index < -0.39 is 5.92 Å². The van der Waals surface area contributed by atoms with Crippen LogP contribution < -0.4 is 16.0 Å². The Hall–Kier alpha value is -3.07. The van der Waals surface area contributed by atoms with Gasteiger partial charge in [0.15, 0.2) is 0 Å². The second-order valence-electron chi connectivity index (χ2n) is 5.32. The van der Waals surface area contributed by atoms with Crippen LogP contribution in [0, 0.1) is 18.3 Å². The van der Waals surface area contributed by atoms with E-state index in [2.05, 4.69) is 11.1 Å². The molecule has 3 rings (SSSR count). The van der Waals surface area contributed by atoms with Gasteiger partial charge in [0.25, 0.3) is 5.56 Å². The van der Waals surface area contributed by atoms with E-state index in [-0.39, 0.29) is 17.0 Å². The normalized spacial score (nSPS) is 16.5. The highest BCUT2D eigenvalue weighted by atomic mass is 16.5. The fraction of sp³-hybridized carbons (Fsp3) is 0.235. The van der Waals surface area contributed by atoms with Crippen LogP contribution in [0.15, 0.2) is 46.8 Å². The Kier molecular flexibility index (Phi) is 3.62. The maximum Gasteiger partial charge on any atom is 0.258 e. The molecule has 0 saturated heterocycles. The second-order valence-corrected chi connectivity index (χ2v) is 5.32. The zero-order valence-electron chi connectivity index (χ0n) is 12.9. The molecule has 0 fully saturated rings. The Morgan fingerprint density at radius 1 is 1.52 bits per heavy atom. The van der Waals surface area contributed by atoms with Crippen LogP contribution in [0.2, 0.25) is 0 Å². The molecule has 0 unspecified atom stereocenters. The average molecular weight is 308 g/mol. The summed E-state index contributed by atoms with van der Waals surface area (Å²) < 4.78 is 7.20. The molecule has 3 heterocycles. The highest BCUT2D eigenvalue weighted by molar-refractivity contribution is 5.54. The standard InChI is InChI=1S/C17H16N4O2/c1-3-21-10(2)7-13-15(17(21)22)14(11-5-4-6-20-9-11)12(8-18)16(19)23-13/h4-7,9,14H,3,19H2,1-2H3/t14-/m1/s1. The van der Waals surface area contributed by atoms with Crippen molar-refractivity contribution < 1.29 is 4.74 Å². The van der Waals surface area contributed by atoms with Crippen LogP contribution in [0.4, 0.5) is 0 Å². The van der Waals surface area contributed by atoms with E-state index in [1.54, 1.807) is 29.1 Å². The van der Waals surface area contributed by atoms with Gasteiger partial charge in [-0.25, -0.2) is 0 Å². The van der Waals surface area contributed by atoms with Crippen LogP contribution in [0.1, 0.15) is 29.7 Å². The monoisotopic (exact) mass is 308 g/mol. The predicted molar refractivity (Wildman–Crippen MR) is 84.6 cm³/mol. The minimum Gasteiger partial charge on any atom is -0.440 e. The lowest BCUT2D eigenvalue weighted by Gasteiger charge is -2.26. The van der Waals surface area contributed by atoms with Gasteiger partial charge in [-0.15, -0.1) is 0 Å². The summed E-state index contributed by atoms with van der Waals surface area (Å²) in [5.41, 5.74) is 7.92. The van der Waals surface area contributed by atoms with Crippen LogP contribution >= 0.6 is 0 Å². The van der Waals surface area contributed by atoms with E-state index in [4.69, 9.17) is 10.5 Å². The average Bonchev–Trinajstić information content (AvgIpc) is 2.54. The number of pyridine rings is 2. The van der Waals surface area contributed by atoms with Crippen molar-refractivity contribution in [2.45, 2.75) is 26.3 Å². The van der Waals surface area contributed by atoms with Crippen LogP contribution in [-0.4, -0.2) is 9.55 Å². The molecule has 0 saturated carbocycles. The van der Waals surface area contributed by atoms with Crippen molar-refractivity contribution >= 4 is 0 Å². The van der Waals surface area contributed by atoms with Crippen LogP contribution in [0.25, 0.3) is 0 Å². The number of aromatic nitrogens is 2. The molecule has 0 aromatic carbocycles. The minimum atomic E-state index is -0.566. The van der Waals surface area contributed by atoms with E-state index in [0.717, 1.165) is 11.3 Å². The van der Waals surface area contributed by atoms with E-state index >= 15 is 0 Å². The van der Waals surface area contributed by atoms with Crippen molar-refractivity contribution in [2.24, 2.45) is 5.73 Å². The van der Waals surface area contributed by atoms with Gasteiger partial charge in [-0.1, -0.05) is 6.07 Å². The molecule has 6 heteroatoms. The molecule has 1 aliphatic rings. The number of nitrogens with two attached hydrogens (primary N) is 1. The lowest BCUT2D eigenvalue weighted by atomic mass is 9.85. The van der Waals surface area contributed by atoms with Gasteiger partial charge in [0.2, 0.25) is 5.88 Å². The van der Waals surface area contributed by atoms with Crippen molar-refractivity contribution in [1.82, 2.24) is 9.55 Å². The Balaban J connectivity index is 2.35. The topological polar surface area (TPSA) is 93.9 Å². The highest BCUT2D eigenvalue weighted by Gasteiger charge is 2.34. The third-order valence-corrected chi connectivity index (χ3v) is 4.02. The Morgan fingerprint density at radius 3 is 2.91 bits per heavy atom. The third kappa shape index (κ3) is 2.27. The van der Waals surface area contributed by atoms with Crippen LogP contribution in [0.5, 0.6) is 5.75 Å². The second kappa shape index (κ2) is 5.61. The SMILES string of the molecule is CCn1c(C)cc2c(c1=O)[C@H](c1cccnc1)C(C#N)=C(N)O2. The molecule has 2 aromatic rings. The number of aryl methyl sites for hydroxylation is 1. The van der Waals surface area contributed by atoms with Gasteiger partial charge in [-0.2, -0.15) is 5.26 Å². The van der Waals surface area contributed by atoms with Gasteiger partial charge in [-0.05, 0) is 25.5 Å². The number of hydrogen-bond donors (Lipinski definition) is 1. The Morgan fingerprint density at radius 2 is 2.30 bits per heavy atom. The quantitative estimate of drug-likeness (QED) is 0.912. The lowest BCUT2D eigenvalue weighted by Crippen LogP contribution is -2.32. The van der Waals surface area contributed by atoms with Crippen molar-refractivity contribution in [3.8, 4) is 11.8 Å². The number of nitriles is 1. The number of fused-ring (bicyclic) bond motifs is 1. The number of allylic oxidation sites excluding steroid dienone is 1.